The molecular weight excluding hydrogens is 711 g/mol. The van der Waals surface area contributed by atoms with E-state index in [2.05, 4.69) is 39.9 Å². The molecule has 0 bridgehead atoms. The quantitative estimate of drug-likeness (QED) is 0.0419. The summed E-state index contributed by atoms with van der Waals surface area (Å²) >= 11 is 0. The first-order valence-electron chi connectivity index (χ1n) is 24.2. The second-order valence-corrected chi connectivity index (χ2v) is 14.8. The molecule has 0 aliphatic rings. The van der Waals surface area contributed by atoms with Crippen LogP contribution in [0.25, 0.3) is 0 Å². The first-order chi connectivity index (χ1) is 26.8. The van der Waals surface area contributed by atoms with Gasteiger partial charge in [-0.2, -0.15) is 0 Å². The highest BCUT2D eigenvalue weighted by Crippen LogP contribution is 2.18. The SMILES string of the molecule is CC.CC.CCCCCCCC(C)=O.CCCCCCCCC.CCCCCCCCC(CCCCCC)OC(=O)CCCCCCCN/C=C(\N)COC.N.O. The number of rotatable bonds is 36. The van der Waals surface area contributed by atoms with Crippen LogP contribution in [-0.4, -0.2) is 43.6 Å². The standard InChI is InChI=1S/C27H54N2O3.C9H18O.C9H20.2C2H6.H3N.H2O/c1-4-6-8-10-12-16-20-26(19-15-9-7-5-2)32-27(30)21-17-13-11-14-18-22-29-23-25(28)24-31-3;1-3-4-5-6-7-8-9(2)10;1-3-5-7-9-8-6-4-2;2*1-2;;/h23,26,29H,4-22,24,28H2,1-3H3;3-8H2,1-2H3;3-9H2,1-2H3;2*1-2H3;1H3;1H2/b25-23-;;;;;;. The van der Waals surface area contributed by atoms with E-state index in [4.69, 9.17) is 15.2 Å². The lowest BCUT2D eigenvalue weighted by Gasteiger charge is -2.18. The molecule has 57 heavy (non-hydrogen) atoms. The van der Waals surface area contributed by atoms with Crippen LogP contribution in [0.1, 0.15) is 268 Å². The Hall–Kier alpha value is -1.64. The highest BCUT2D eigenvalue weighted by molar-refractivity contribution is 5.75. The Morgan fingerprint density at radius 2 is 0.877 bits per heavy atom. The minimum Gasteiger partial charge on any atom is -0.462 e. The predicted octanol–water partition coefficient (Wildman–Crippen LogP) is 15.1. The van der Waals surface area contributed by atoms with Gasteiger partial charge >= 0.3 is 5.97 Å². The zero-order chi connectivity index (χ0) is 42.5. The number of hydrogen-bond donors (Lipinski definition) is 3. The Labute approximate surface area is 359 Å². The fraction of sp³-hybridized carbons (Fsp3) is 0.918. The number of ether oxygens (including phenoxy) is 2. The molecule has 0 saturated carbocycles. The van der Waals surface area contributed by atoms with Gasteiger partial charge in [-0.05, 0) is 51.9 Å². The lowest BCUT2D eigenvalue weighted by atomic mass is 10.0. The number of nitrogens with one attached hydrogen (secondary N) is 1. The molecule has 0 spiro atoms. The molecule has 0 aliphatic carbocycles. The van der Waals surface area contributed by atoms with E-state index >= 15 is 0 Å². The summed E-state index contributed by atoms with van der Waals surface area (Å²) in [6.07, 6.45) is 39.7. The van der Waals surface area contributed by atoms with Crippen molar-refractivity contribution in [3.8, 4) is 0 Å². The van der Waals surface area contributed by atoms with E-state index in [1.54, 1.807) is 14.0 Å². The van der Waals surface area contributed by atoms with Crippen molar-refractivity contribution < 1.29 is 24.5 Å². The molecule has 0 rings (SSSR count). The van der Waals surface area contributed by atoms with Crippen molar-refractivity contribution in [1.82, 2.24) is 11.5 Å². The number of carbonyl (C=O) groups is 2. The van der Waals surface area contributed by atoms with E-state index < -0.39 is 0 Å². The third-order valence-corrected chi connectivity index (χ3v) is 9.20. The first kappa shape index (κ1) is 69.9. The van der Waals surface area contributed by atoms with Crippen LogP contribution >= 0.6 is 0 Å². The molecule has 0 aromatic rings. The second kappa shape index (κ2) is 69.0. The van der Waals surface area contributed by atoms with Crippen LogP contribution in [0.3, 0.4) is 0 Å². The summed E-state index contributed by atoms with van der Waals surface area (Å²) in [5, 5.41) is 3.21. The lowest BCUT2D eigenvalue weighted by Crippen LogP contribution is -2.18. The van der Waals surface area contributed by atoms with E-state index in [-0.39, 0.29) is 23.7 Å². The Morgan fingerprint density at radius 3 is 1.26 bits per heavy atom. The van der Waals surface area contributed by atoms with E-state index in [9.17, 15) is 9.59 Å². The van der Waals surface area contributed by atoms with E-state index in [1.807, 2.05) is 33.9 Å². The summed E-state index contributed by atoms with van der Waals surface area (Å²) in [4.78, 5) is 22.8. The van der Waals surface area contributed by atoms with E-state index in [1.165, 1.54) is 135 Å². The molecule has 0 heterocycles. The van der Waals surface area contributed by atoms with Gasteiger partial charge in [0.25, 0.3) is 0 Å². The van der Waals surface area contributed by atoms with Crippen molar-refractivity contribution in [3.63, 3.8) is 0 Å². The number of Topliss-reactive ketones (excluding diaryl/α,β-unsaturated/α-hetero) is 1. The van der Waals surface area contributed by atoms with Crippen molar-refractivity contribution in [2.24, 2.45) is 5.73 Å². The fourth-order valence-corrected chi connectivity index (χ4v) is 5.90. The van der Waals surface area contributed by atoms with Gasteiger partial charge in [-0.3, -0.25) is 4.79 Å². The van der Waals surface area contributed by atoms with Gasteiger partial charge in [-0.15, -0.1) is 0 Å². The molecule has 0 amide bonds. The number of ketones is 1. The van der Waals surface area contributed by atoms with Gasteiger partial charge in [-0.25, -0.2) is 0 Å². The van der Waals surface area contributed by atoms with Gasteiger partial charge in [-0.1, -0.05) is 204 Å². The average Bonchev–Trinajstić information content (AvgIpc) is 3.19. The van der Waals surface area contributed by atoms with Crippen molar-refractivity contribution >= 4 is 11.8 Å². The number of carbonyl (C=O) groups excluding carboxylic acids is 2. The molecule has 1 unspecified atom stereocenters. The van der Waals surface area contributed by atoms with Crippen LogP contribution < -0.4 is 17.2 Å². The van der Waals surface area contributed by atoms with Gasteiger partial charge in [0.1, 0.15) is 11.9 Å². The predicted molar refractivity (Wildman–Crippen MR) is 256 cm³/mol. The summed E-state index contributed by atoms with van der Waals surface area (Å²) in [6.45, 7) is 22.3. The molecule has 1 atom stereocenters. The van der Waals surface area contributed by atoms with Crippen LogP contribution in [0.4, 0.5) is 0 Å². The minimum absolute atomic E-state index is 0. The van der Waals surface area contributed by atoms with Gasteiger partial charge in [0.2, 0.25) is 0 Å². The summed E-state index contributed by atoms with van der Waals surface area (Å²) < 4.78 is 10.8. The first-order valence-corrected chi connectivity index (χ1v) is 24.2. The molecule has 0 aromatic heterocycles. The maximum absolute atomic E-state index is 12.3. The number of nitrogens with two attached hydrogens (primary N) is 1. The largest absolute Gasteiger partial charge is 0.462 e. The summed E-state index contributed by atoms with van der Waals surface area (Å²) in [6, 6.07) is 0. The Kier molecular flexibility index (Phi) is 84.7. The Balaban J connectivity index is -0.000000163. The van der Waals surface area contributed by atoms with Crippen LogP contribution in [-0.2, 0) is 19.1 Å². The zero-order valence-electron chi connectivity index (χ0n) is 40.9. The lowest BCUT2D eigenvalue weighted by molar-refractivity contribution is -0.150. The van der Waals surface area contributed by atoms with Gasteiger partial charge in [0.05, 0.1) is 12.3 Å². The molecular formula is C49H109N3O5. The van der Waals surface area contributed by atoms with Gasteiger partial charge in [0, 0.05) is 32.7 Å². The van der Waals surface area contributed by atoms with Crippen molar-refractivity contribution in [2.75, 3.05) is 20.3 Å². The molecule has 0 saturated heterocycles. The molecule has 0 aromatic carbocycles. The Bertz CT molecular complexity index is 715. The highest BCUT2D eigenvalue weighted by atomic mass is 16.5. The maximum atomic E-state index is 12.3. The molecule has 0 aliphatic heterocycles. The second-order valence-electron chi connectivity index (χ2n) is 14.8. The van der Waals surface area contributed by atoms with Gasteiger partial charge in [0.15, 0.2) is 0 Å². The molecule has 8 N–H and O–H groups in total. The topological polar surface area (TPSA) is 157 Å². The highest BCUT2D eigenvalue weighted by Gasteiger charge is 2.14. The van der Waals surface area contributed by atoms with E-state index in [0.717, 1.165) is 64.3 Å². The number of esters is 1. The van der Waals surface area contributed by atoms with E-state index in [0.29, 0.717) is 24.5 Å². The molecule has 350 valence electrons. The summed E-state index contributed by atoms with van der Waals surface area (Å²) in [7, 11) is 1.64. The summed E-state index contributed by atoms with van der Waals surface area (Å²) in [5.41, 5.74) is 6.46. The van der Waals surface area contributed by atoms with Crippen molar-refractivity contribution in [1.29, 1.82) is 0 Å². The number of methoxy groups -OCH3 is 1. The smallest absolute Gasteiger partial charge is 0.306 e. The number of unbranched alkanes of at least 4 members (excludes halogenated alkanes) is 22. The maximum Gasteiger partial charge on any atom is 0.306 e. The van der Waals surface area contributed by atoms with Gasteiger partial charge < -0.3 is 36.9 Å². The summed E-state index contributed by atoms with van der Waals surface area (Å²) in [5.74, 6) is 0.341. The zero-order valence-corrected chi connectivity index (χ0v) is 40.9. The van der Waals surface area contributed by atoms with Crippen LogP contribution in [0, 0.1) is 0 Å². The minimum atomic E-state index is 0. The Morgan fingerprint density at radius 1 is 0.544 bits per heavy atom. The normalized spacial score (nSPS) is 10.6. The van der Waals surface area contributed by atoms with Crippen LogP contribution in [0.15, 0.2) is 11.9 Å². The number of hydrogen-bond acceptors (Lipinski definition) is 7. The molecule has 0 fully saturated rings. The molecule has 0 radical (unpaired) electrons. The van der Waals surface area contributed by atoms with Crippen LogP contribution in [0.2, 0.25) is 0 Å². The van der Waals surface area contributed by atoms with Crippen molar-refractivity contribution in [2.45, 2.75) is 274 Å². The van der Waals surface area contributed by atoms with Crippen LogP contribution in [0.5, 0.6) is 0 Å². The van der Waals surface area contributed by atoms with Crippen molar-refractivity contribution in [3.05, 3.63) is 11.9 Å². The third-order valence-electron chi connectivity index (χ3n) is 9.20. The molecule has 8 nitrogen and oxygen atoms in total. The molecule has 8 heteroatoms. The average molecular weight is 820 g/mol. The third kappa shape index (κ3) is 75.7. The fourth-order valence-electron chi connectivity index (χ4n) is 5.90. The monoisotopic (exact) mass is 820 g/mol.